The van der Waals surface area contributed by atoms with Gasteiger partial charge in [0.1, 0.15) is 5.82 Å². The Morgan fingerprint density at radius 3 is 2.44 bits per heavy atom. The Morgan fingerprint density at radius 1 is 1.19 bits per heavy atom. The number of benzene rings is 1. The lowest BCUT2D eigenvalue weighted by molar-refractivity contribution is 0.0786. The van der Waals surface area contributed by atoms with Crippen molar-refractivity contribution in [2.24, 2.45) is 17.3 Å². The van der Waals surface area contributed by atoms with E-state index in [2.05, 4.69) is 31.1 Å². The SMILES string of the molecule is CC(C)(C)C(C1CCCCC1)[C@@H](NC(=O)O)c1nc(-c2ccccc2)c[nH]1. The molecular formula is C22H31N3O2. The van der Waals surface area contributed by atoms with E-state index in [1.807, 2.05) is 36.5 Å². The predicted octanol–water partition coefficient (Wildman–Crippen LogP) is 5.63. The molecule has 1 amide bonds. The second-order valence-electron chi connectivity index (χ2n) is 8.75. The molecule has 0 spiro atoms. The summed E-state index contributed by atoms with van der Waals surface area (Å²) in [5.41, 5.74) is 1.84. The second kappa shape index (κ2) is 8.15. The Morgan fingerprint density at radius 2 is 1.85 bits per heavy atom. The Labute approximate surface area is 161 Å². The fourth-order valence-electron chi connectivity index (χ4n) is 4.69. The monoisotopic (exact) mass is 369 g/mol. The van der Waals surface area contributed by atoms with Crippen LogP contribution in [-0.2, 0) is 0 Å². The summed E-state index contributed by atoms with van der Waals surface area (Å²) in [6, 6.07) is 9.63. The van der Waals surface area contributed by atoms with E-state index in [0.29, 0.717) is 11.7 Å². The van der Waals surface area contributed by atoms with Gasteiger partial charge in [-0.3, -0.25) is 0 Å². The van der Waals surface area contributed by atoms with Gasteiger partial charge < -0.3 is 15.4 Å². The van der Waals surface area contributed by atoms with E-state index >= 15 is 0 Å². The van der Waals surface area contributed by atoms with Crippen LogP contribution in [0.4, 0.5) is 4.79 Å². The van der Waals surface area contributed by atoms with Crippen LogP contribution in [0.5, 0.6) is 0 Å². The van der Waals surface area contributed by atoms with Crippen LogP contribution < -0.4 is 5.32 Å². The minimum atomic E-state index is -0.997. The number of carbonyl (C=O) groups is 1. The van der Waals surface area contributed by atoms with Crippen molar-refractivity contribution in [2.45, 2.75) is 58.9 Å². The van der Waals surface area contributed by atoms with E-state index in [4.69, 9.17) is 4.98 Å². The quantitative estimate of drug-likeness (QED) is 0.639. The number of imidazole rings is 1. The number of amides is 1. The molecule has 3 N–H and O–H groups in total. The van der Waals surface area contributed by atoms with Crippen molar-refractivity contribution >= 4 is 6.09 Å². The first-order valence-electron chi connectivity index (χ1n) is 9.96. The average Bonchev–Trinajstić information content (AvgIpc) is 3.11. The maximum Gasteiger partial charge on any atom is 0.405 e. The number of hydrogen-bond acceptors (Lipinski definition) is 2. The molecule has 3 rings (SSSR count). The summed E-state index contributed by atoms with van der Waals surface area (Å²) < 4.78 is 0. The molecule has 2 aromatic rings. The lowest BCUT2D eigenvalue weighted by atomic mass is 9.65. The van der Waals surface area contributed by atoms with Gasteiger partial charge >= 0.3 is 6.09 Å². The van der Waals surface area contributed by atoms with E-state index in [9.17, 15) is 9.90 Å². The summed E-state index contributed by atoms with van der Waals surface area (Å²) in [5, 5.41) is 12.3. The molecule has 0 saturated heterocycles. The molecular weight excluding hydrogens is 338 g/mol. The van der Waals surface area contributed by atoms with Gasteiger partial charge in [0.05, 0.1) is 11.7 Å². The van der Waals surface area contributed by atoms with Crippen LogP contribution in [0, 0.1) is 17.3 Å². The van der Waals surface area contributed by atoms with E-state index in [1.165, 1.54) is 19.3 Å². The van der Waals surface area contributed by atoms with Gasteiger partial charge in [-0.25, -0.2) is 9.78 Å². The third-order valence-electron chi connectivity index (χ3n) is 5.76. The first-order chi connectivity index (χ1) is 12.9. The molecule has 146 valence electrons. The Bertz CT molecular complexity index is 742. The molecule has 5 heteroatoms. The Hall–Kier alpha value is -2.30. The molecule has 27 heavy (non-hydrogen) atoms. The minimum Gasteiger partial charge on any atom is -0.465 e. The topological polar surface area (TPSA) is 78.0 Å². The number of aromatic amines is 1. The zero-order valence-corrected chi connectivity index (χ0v) is 16.5. The van der Waals surface area contributed by atoms with Crippen molar-refractivity contribution < 1.29 is 9.90 Å². The first-order valence-corrected chi connectivity index (χ1v) is 9.96. The molecule has 0 radical (unpaired) electrons. The van der Waals surface area contributed by atoms with Gasteiger partial charge in [-0.2, -0.15) is 0 Å². The third kappa shape index (κ3) is 4.71. The summed E-state index contributed by atoms with van der Waals surface area (Å²) in [6.07, 6.45) is 6.93. The van der Waals surface area contributed by atoms with Crippen LogP contribution in [-0.4, -0.2) is 21.2 Å². The predicted molar refractivity (Wildman–Crippen MR) is 107 cm³/mol. The molecule has 1 saturated carbocycles. The third-order valence-corrected chi connectivity index (χ3v) is 5.76. The van der Waals surface area contributed by atoms with Crippen molar-refractivity contribution in [3.8, 4) is 11.3 Å². The molecule has 2 atom stereocenters. The van der Waals surface area contributed by atoms with Crippen LogP contribution in [0.2, 0.25) is 0 Å². The highest BCUT2D eigenvalue weighted by molar-refractivity contribution is 5.65. The highest BCUT2D eigenvalue weighted by atomic mass is 16.4. The number of nitrogens with one attached hydrogen (secondary N) is 2. The molecule has 1 aromatic carbocycles. The fourth-order valence-corrected chi connectivity index (χ4v) is 4.69. The Kier molecular flexibility index (Phi) is 5.88. The number of hydrogen-bond donors (Lipinski definition) is 3. The highest BCUT2D eigenvalue weighted by Gasteiger charge is 2.41. The highest BCUT2D eigenvalue weighted by Crippen LogP contribution is 2.46. The van der Waals surface area contributed by atoms with Gasteiger partial charge in [0, 0.05) is 11.8 Å². The molecule has 1 aliphatic carbocycles. The van der Waals surface area contributed by atoms with Crippen LogP contribution >= 0.6 is 0 Å². The zero-order valence-electron chi connectivity index (χ0n) is 16.5. The smallest absolute Gasteiger partial charge is 0.405 e. The summed E-state index contributed by atoms with van der Waals surface area (Å²) in [5.74, 6) is 1.39. The van der Waals surface area contributed by atoms with Gasteiger partial charge in [0.15, 0.2) is 0 Å². The normalized spacial score (nSPS) is 18.0. The zero-order chi connectivity index (χ0) is 19.4. The number of H-pyrrole nitrogens is 1. The summed E-state index contributed by atoms with van der Waals surface area (Å²) in [4.78, 5) is 19.7. The minimum absolute atomic E-state index is 0.0329. The molecule has 0 bridgehead atoms. The van der Waals surface area contributed by atoms with Gasteiger partial charge in [-0.1, -0.05) is 83.2 Å². The molecule has 1 heterocycles. The van der Waals surface area contributed by atoms with Crippen LogP contribution in [0.25, 0.3) is 11.3 Å². The Balaban J connectivity index is 1.96. The van der Waals surface area contributed by atoms with E-state index in [1.54, 1.807) is 0 Å². The molecule has 0 aliphatic heterocycles. The first kappa shape index (κ1) is 19.5. The molecule has 1 aliphatic rings. The van der Waals surface area contributed by atoms with E-state index < -0.39 is 6.09 Å². The largest absolute Gasteiger partial charge is 0.465 e. The molecule has 5 nitrogen and oxygen atoms in total. The van der Waals surface area contributed by atoms with E-state index in [-0.39, 0.29) is 17.4 Å². The number of rotatable bonds is 5. The van der Waals surface area contributed by atoms with Crippen LogP contribution in [0.15, 0.2) is 36.5 Å². The van der Waals surface area contributed by atoms with Gasteiger partial charge in [-0.05, 0) is 17.3 Å². The van der Waals surface area contributed by atoms with Crippen molar-refractivity contribution in [3.63, 3.8) is 0 Å². The summed E-state index contributed by atoms with van der Waals surface area (Å²) in [6.45, 7) is 6.64. The van der Waals surface area contributed by atoms with Gasteiger partial charge in [0.2, 0.25) is 0 Å². The summed E-state index contributed by atoms with van der Waals surface area (Å²) in [7, 11) is 0. The number of aromatic nitrogens is 2. The van der Waals surface area contributed by atoms with Crippen molar-refractivity contribution in [2.75, 3.05) is 0 Å². The van der Waals surface area contributed by atoms with Crippen LogP contribution in [0.3, 0.4) is 0 Å². The van der Waals surface area contributed by atoms with Crippen molar-refractivity contribution in [3.05, 3.63) is 42.4 Å². The van der Waals surface area contributed by atoms with Crippen molar-refractivity contribution in [1.82, 2.24) is 15.3 Å². The van der Waals surface area contributed by atoms with Crippen molar-refractivity contribution in [1.29, 1.82) is 0 Å². The molecule has 1 unspecified atom stereocenters. The summed E-state index contributed by atoms with van der Waals surface area (Å²) >= 11 is 0. The van der Waals surface area contributed by atoms with Crippen LogP contribution in [0.1, 0.15) is 64.7 Å². The maximum absolute atomic E-state index is 11.6. The lowest BCUT2D eigenvalue weighted by Gasteiger charge is -2.43. The second-order valence-corrected chi connectivity index (χ2v) is 8.75. The van der Waals surface area contributed by atoms with Gasteiger partial charge in [0.25, 0.3) is 0 Å². The van der Waals surface area contributed by atoms with E-state index in [0.717, 1.165) is 24.1 Å². The fraction of sp³-hybridized carbons (Fsp3) is 0.545. The molecule has 1 aromatic heterocycles. The van der Waals surface area contributed by atoms with Gasteiger partial charge in [-0.15, -0.1) is 0 Å². The lowest BCUT2D eigenvalue weighted by Crippen LogP contribution is -2.43. The maximum atomic E-state index is 11.6. The number of carboxylic acid groups (broad SMARTS) is 1. The standard InChI is InChI=1S/C22H31N3O2/c1-22(2,3)18(16-12-8-5-9-13-16)19(25-21(26)27)20-23-14-17(24-20)15-10-6-4-7-11-15/h4,6-7,10-11,14,16,18-19,25H,5,8-9,12-13H2,1-3H3,(H,23,24)(H,26,27)/t18?,19-/m1/s1. The molecule has 1 fully saturated rings. The average molecular weight is 370 g/mol. The number of nitrogens with zero attached hydrogens (tertiary/aromatic N) is 1.